The molecule has 2 amide bonds. The molecule has 1 aliphatic rings. The normalized spacial score (nSPS) is 14.5. The summed E-state index contributed by atoms with van der Waals surface area (Å²) >= 11 is 13.3. The van der Waals surface area contributed by atoms with Crippen molar-refractivity contribution >= 4 is 81.5 Å². The molecule has 2 aromatic rings. The molecule has 134 valence electrons. The Balaban J connectivity index is 2.10. The van der Waals surface area contributed by atoms with Crippen molar-refractivity contribution < 1.29 is 19.5 Å². The molecule has 0 spiro atoms. The van der Waals surface area contributed by atoms with Gasteiger partial charge in [-0.05, 0) is 69.3 Å². The van der Waals surface area contributed by atoms with E-state index in [0.29, 0.717) is 17.9 Å². The zero-order valence-electron chi connectivity index (χ0n) is 12.8. The van der Waals surface area contributed by atoms with Crippen LogP contribution in [0.4, 0.5) is 0 Å². The van der Waals surface area contributed by atoms with E-state index >= 15 is 0 Å². The summed E-state index contributed by atoms with van der Waals surface area (Å²) in [4.78, 5) is 38.5. The number of benzene rings is 2. The molecular formula is C17H9Br4NO4. The van der Waals surface area contributed by atoms with Crippen LogP contribution in [0.2, 0.25) is 0 Å². The average molecular weight is 611 g/mol. The van der Waals surface area contributed by atoms with Crippen LogP contribution in [-0.4, -0.2) is 33.8 Å². The van der Waals surface area contributed by atoms with E-state index in [9.17, 15) is 19.5 Å². The Hall–Kier alpha value is -1.03. The van der Waals surface area contributed by atoms with Crippen LogP contribution in [0, 0.1) is 0 Å². The maximum absolute atomic E-state index is 12.9. The zero-order valence-corrected chi connectivity index (χ0v) is 19.1. The molecule has 0 aliphatic carbocycles. The topological polar surface area (TPSA) is 74.7 Å². The third-order valence-electron chi connectivity index (χ3n) is 4.00. The van der Waals surface area contributed by atoms with Crippen molar-refractivity contribution in [2.24, 2.45) is 0 Å². The number of aliphatic carboxylic acids is 1. The molecule has 0 bridgehead atoms. The second kappa shape index (κ2) is 7.53. The number of carboxylic acids is 1. The van der Waals surface area contributed by atoms with Crippen molar-refractivity contribution in [1.82, 2.24) is 4.90 Å². The minimum atomic E-state index is -1.30. The summed E-state index contributed by atoms with van der Waals surface area (Å²) < 4.78 is 1.90. The second-order valence-electron chi connectivity index (χ2n) is 5.53. The summed E-state index contributed by atoms with van der Waals surface area (Å²) in [5.74, 6) is -2.53. The van der Waals surface area contributed by atoms with Gasteiger partial charge in [0.2, 0.25) is 0 Å². The predicted octanol–water partition coefficient (Wildman–Crippen LogP) is 5.03. The van der Waals surface area contributed by atoms with Gasteiger partial charge < -0.3 is 5.11 Å². The van der Waals surface area contributed by atoms with Crippen molar-refractivity contribution in [3.63, 3.8) is 0 Å². The van der Waals surface area contributed by atoms with E-state index in [0.717, 1.165) is 10.5 Å². The first kappa shape index (κ1) is 19.7. The number of rotatable bonds is 4. The molecule has 5 nitrogen and oxygen atoms in total. The highest BCUT2D eigenvalue weighted by Crippen LogP contribution is 2.45. The van der Waals surface area contributed by atoms with E-state index in [-0.39, 0.29) is 17.5 Å². The predicted molar refractivity (Wildman–Crippen MR) is 109 cm³/mol. The monoisotopic (exact) mass is 607 g/mol. The van der Waals surface area contributed by atoms with E-state index in [4.69, 9.17) is 0 Å². The van der Waals surface area contributed by atoms with Gasteiger partial charge in [0.25, 0.3) is 11.8 Å². The Kier molecular flexibility index (Phi) is 5.72. The lowest BCUT2D eigenvalue weighted by Gasteiger charge is -2.22. The molecule has 26 heavy (non-hydrogen) atoms. The number of hydrogen-bond donors (Lipinski definition) is 1. The van der Waals surface area contributed by atoms with E-state index < -0.39 is 23.8 Å². The van der Waals surface area contributed by atoms with Crippen molar-refractivity contribution in [2.45, 2.75) is 12.5 Å². The third kappa shape index (κ3) is 3.19. The molecule has 0 aromatic heterocycles. The molecule has 0 radical (unpaired) electrons. The van der Waals surface area contributed by atoms with Crippen LogP contribution in [0.1, 0.15) is 26.3 Å². The Morgan fingerprint density at radius 3 is 1.77 bits per heavy atom. The van der Waals surface area contributed by atoms with Gasteiger partial charge in [-0.1, -0.05) is 30.3 Å². The first-order valence-corrected chi connectivity index (χ1v) is 10.4. The molecule has 3 rings (SSSR count). The van der Waals surface area contributed by atoms with Crippen molar-refractivity contribution in [3.05, 3.63) is 64.9 Å². The molecule has 0 unspecified atom stereocenters. The fraction of sp³-hybridized carbons (Fsp3) is 0.118. The number of carboxylic acid groups (broad SMARTS) is 1. The van der Waals surface area contributed by atoms with E-state index in [1.54, 1.807) is 24.3 Å². The highest BCUT2D eigenvalue weighted by molar-refractivity contribution is 9.15. The SMILES string of the molecule is O=C(O)[C@@H](Cc1ccccc1)N1C(=O)c2c(Br)c(Br)c(Br)c(Br)c2C1=O. The number of hydrogen-bond acceptors (Lipinski definition) is 3. The van der Waals surface area contributed by atoms with Crippen LogP contribution in [0.15, 0.2) is 48.2 Å². The van der Waals surface area contributed by atoms with Gasteiger partial charge in [0.15, 0.2) is 0 Å². The van der Waals surface area contributed by atoms with Gasteiger partial charge in [0.1, 0.15) is 6.04 Å². The molecule has 1 heterocycles. The summed E-state index contributed by atoms with van der Waals surface area (Å²) in [5, 5.41) is 9.67. The highest BCUT2D eigenvalue weighted by Gasteiger charge is 2.46. The number of amides is 2. The standard InChI is InChI=1S/C17H9Br4NO4/c18-11-9-10(12(19)14(21)13(11)20)16(24)22(15(9)23)8(17(25)26)6-7-4-2-1-3-5-7/h1-5,8H,6H2,(H,25,26)/t8-/m1/s1. The first-order chi connectivity index (χ1) is 12.3. The van der Waals surface area contributed by atoms with Crippen LogP contribution in [-0.2, 0) is 11.2 Å². The molecule has 2 aromatic carbocycles. The summed E-state index contributed by atoms with van der Waals surface area (Å²) in [6.45, 7) is 0. The lowest BCUT2D eigenvalue weighted by Crippen LogP contribution is -2.46. The van der Waals surface area contributed by atoms with Crippen LogP contribution >= 0.6 is 63.7 Å². The van der Waals surface area contributed by atoms with Crippen LogP contribution in [0.5, 0.6) is 0 Å². The molecule has 1 N–H and O–H groups in total. The number of carbonyl (C=O) groups excluding carboxylic acids is 2. The fourth-order valence-corrected chi connectivity index (χ4v) is 5.23. The van der Waals surface area contributed by atoms with Crippen LogP contribution in [0.3, 0.4) is 0 Å². The zero-order chi connectivity index (χ0) is 19.2. The first-order valence-electron chi connectivity index (χ1n) is 7.26. The maximum atomic E-state index is 12.9. The van der Waals surface area contributed by atoms with Gasteiger partial charge in [0, 0.05) is 24.3 Å². The Labute approximate surface area is 182 Å². The number of carbonyl (C=O) groups is 3. The number of imide groups is 1. The van der Waals surface area contributed by atoms with Gasteiger partial charge in [-0.3, -0.25) is 14.5 Å². The van der Waals surface area contributed by atoms with E-state index in [1.165, 1.54) is 0 Å². The minimum absolute atomic E-state index is 0.0270. The highest BCUT2D eigenvalue weighted by atomic mass is 79.9. The number of nitrogens with zero attached hydrogens (tertiary/aromatic N) is 1. The molecule has 0 saturated heterocycles. The Bertz CT molecular complexity index is 899. The van der Waals surface area contributed by atoms with Crippen molar-refractivity contribution in [3.8, 4) is 0 Å². The van der Waals surface area contributed by atoms with Crippen LogP contribution in [0.25, 0.3) is 0 Å². The molecular weight excluding hydrogens is 602 g/mol. The van der Waals surface area contributed by atoms with Gasteiger partial charge >= 0.3 is 5.97 Å². The van der Waals surface area contributed by atoms with Gasteiger partial charge in [-0.15, -0.1) is 0 Å². The lowest BCUT2D eigenvalue weighted by molar-refractivity contribution is -0.141. The Morgan fingerprint density at radius 1 is 0.885 bits per heavy atom. The summed E-state index contributed by atoms with van der Waals surface area (Å²) in [7, 11) is 0. The van der Waals surface area contributed by atoms with Crippen molar-refractivity contribution in [1.29, 1.82) is 0 Å². The largest absolute Gasteiger partial charge is 0.480 e. The molecule has 1 aliphatic heterocycles. The van der Waals surface area contributed by atoms with Gasteiger partial charge in [0.05, 0.1) is 11.1 Å². The summed E-state index contributed by atoms with van der Waals surface area (Å²) in [6, 6.07) is 7.57. The average Bonchev–Trinajstić information content (AvgIpc) is 2.87. The minimum Gasteiger partial charge on any atom is -0.480 e. The summed E-state index contributed by atoms with van der Waals surface area (Å²) in [5.41, 5.74) is 0.990. The van der Waals surface area contributed by atoms with Gasteiger partial charge in [-0.2, -0.15) is 0 Å². The quantitative estimate of drug-likeness (QED) is 0.300. The fourth-order valence-electron chi connectivity index (χ4n) is 2.78. The van der Waals surface area contributed by atoms with E-state index in [1.807, 2.05) is 6.07 Å². The molecule has 0 saturated carbocycles. The molecule has 9 heteroatoms. The number of fused-ring (bicyclic) bond motifs is 1. The maximum Gasteiger partial charge on any atom is 0.327 e. The Morgan fingerprint density at radius 2 is 1.35 bits per heavy atom. The smallest absolute Gasteiger partial charge is 0.327 e. The van der Waals surface area contributed by atoms with E-state index in [2.05, 4.69) is 63.7 Å². The van der Waals surface area contributed by atoms with Crippen molar-refractivity contribution in [2.75, 3.05) is 0 Å². The number of halogens is 4. The summed E-state index contributed by atoms with van der Waals surface area (Å²) in [6.07, 6.45) is 0.0270. The van der Waals surface area contributed by atoms with Gasteiger partial charge in [-0.25, -0.2) is 4.79 Å². The third-order valence-corrected chi connectivity index (χ3v) is 8.77. The molecule has 0 fully saturated rings. The lowest BCUT2D eigenvalue weighted by atomic mass is 10.0. The molecule has 1 atom stereocenters. The second-order valence-corrected chi connectivity index (χ2v) is 8.70. The van der Waals surface area contributed by atoms with Crippen LogP contribution < -0.4 is 0 Å².